The molecule has 2 rings (SSSR count). The van der Waals surface area contributed by atoms with Crippen LogP contribution in [0.5, 0.6) is 0 Å². The van der Waals surface area contributed by atoms with Gasteiger partial charge in [-0.05, 0) is 7.05 Å². The fourth-order valence-corrected chi connectivity index (χ4v) is 3.36. The average Bonchev–Trinajstić information content (AvgIpc) is 2.69. The molecule has 1 aromatic rings. The Labute approximate surface area is 100 Å². The van der Waals surface area contributed by atoms with E-state index < -0.39 is 0 Å². The molecule has 90 valence electrons. The quantitative estimate of drug-likeness (QED) is 0.575. The molecule has 2 atom stereocenters. The molecule has 2 heterocycles. The second kappa shape index (κ2) is 5.18. The highest BCUT2D eigenvalue weighted by Crippen LogP contribution is 2.25. The first-order valence-corrected chi connectivity index (χ1v) is 6.60. The van der Waals surface area contributed by atoms with Crippen LogP contribution in [0.2, 0.25) is 0 Å². The second-order valence-electron chi connectivity index (χ2n) is 4.21. The van der Waals surface area contributed by atoms with E-state index >= 15 is 0 Å². The first-order chi connectivity index (χ1) is 7.72. The largest absolute Gasteiger partial charge is 0.300 e. The molecule has 0 saturated carbocycles. The van der Waals surface area contributed by atoms with Gasteiger partial charge in [-0.1, -0.05) is 0 Å². The Kier molecular flexibility index (Phi) is 3.86. The SMILES string of the molecule is CN1CCSCC1C(NN)c1cnn(C)c1. The molecule has 2 unspecified atom stereocenters. The van der Waals surface area contributed by atoms with Crippen LogP contribution in [-0.2, 0) is 7.05 Å². The van der Waals surface area contributed by atoms with Crippen molar-refractivity contribution in [2.75, 3.05) is 25.1 Å². The molecule has 1 saturated heterocycles. The summed E-state index contributed by atoms with van der Waals surface area (Å²) in [5, 5.41) is 4.20. The van der Waals surface area contributed by atoms with Gasteiger partial charge in [-0.25, -0.2) is 0 Å². The molecule has 6 heteroatoms. The highest BCUT2D eigenvalue weighted by atomic mass is 32.2. The summed E-state index contributed by atoms with van der Waals surface area (Å²) in [5.74, 6) is 8.00. The number of aromatic nitrogens is 2. The first-order valence-electron chi connectivity index (χ1n) is 5.45. The van der Waals surface area contributed by atoms with Crippen molar-refractivity contribution >= 4 is 11.8 Å². The number of likely N-dealkylation sites (N-methyl/N-ethyl adjacent to an activating group) is 1. The number of nitrogens with two attached hydrogens (primary N) is 1. The van der Waals surface area contributed by atoms with Crippen LogP contribution in [0, 0.1) is 0 Å². The Morgan fingerprint density at radius 2 is 2.44 bits per heavy atom. The molecular formula is C10H19N5S. The van der Waals surface area contributed by atoms with Gasteiger partial charge in [-0.3, -0.25) is 20.9 Å². The number of hydrogen-bond acceptors (Lipinski definition) is 5. The topological polar surface area (TPSA) is 59.1 Å². The van der Waals surface area contributed by atoms with Crippen LogP contribution in [-0.4, -0.2) is 45.8 Å². The number of nitrogens with one attached hydrogen (secondary N) is 1. The number of hydrazine groups is 1. The molecule has 1 aliphatic rings. The fourth-order valence-electron chi connectivity index (χ4n) is 2.09. The van der Waals surface area contributed by atoms with Crippen molar-refractivity contribution in [1.82, 2.24) is 20.1 Å². The summed E-state index contributed by atoms with van der Waals surface area (Å²) >= 11 is 1.99. The minimum absolute atomic E-state index is 0.159. The zero-order valence-electron chi connectivity index (χ0n) is 9.76. The third kappa shape index (κ3) is 2.40. The summed E-state index contributed by atoms with van der Waals surface area (Å²) in [4.78, 5) is 2.37. The zero-order chi connectivity index (χ0) is 11.5. The van der Waals surface area contributed by atoms with Crippen LogP contribution >= 0.6 is 11.8 Å². The Morgan fingerprint density at radius 3 is 3.00 bits per heavy atom. The predicted octanol–water partition coefficient (Wildman–Crippen LogP) is -0.0283. The smallest absolute Gasteiger partial charge is 0.0654 e. The maximum Gasteiger partial charge on any atom is 0.0654 e. The standard InChI is InChI=1S/C10H19N5S/c1-14-3-4-16-7-9(14)10(13-11)8-5-12-15(2)6-8/h5-6,9-10,13H,3-4,7,11H2,1-2H3. The third-order valence-electron chi connectivity index (χ3n) is 3.09. The van der Waals surface area contributed by atoms with E-state index in [0.717, 1.165) is 17.9 Å². The number of thioether (sulfide) groups is 1. The summed E-state index contributed by atoms with van der Waals surface area (Å²) in [5.41, 5.74) is 4.08. The number of aryl methyl sites for hydroxylation is 1. The molecule has 1 aromatic heterocycles. The summed E-state index contributed by atoms with van der Waals surface area (Å²) in [6.45, 7) is 1.12. The Morgan fingerprint density at radius 1 is 1.62 bits per heavy atom. The fraction of sp³-hybridized carbons (Fsp3) is 0.700. The maximum atomic E-state index is 5.68. The Hall–Kier alpha value is -0.560. The predicted molar refractivity (Wildman–Crippen MR) is 67.0 cm³/mol. The third-order valence-corrected chi connectivity index (χ3v) is 4.14. The first kappa shape index (κ1) is 11.9. The van der Waals surface area contributed by atoms with E-state index in [1.54, 1.807) is 0 Å². The van der Waals surface area contributed by atoms with E-state index in [-0.39, 0.29) is 6.04 Å². The molecular weight excluding hydrogens is 222 g/mol. The van der Waals surface area contributed by atoms with Crippen LogP contribution < -0.4 is 11.3 Å². The maximum absolute atomic E-state index is 5.68. The molecule has 16 heavy (non-hydrogen) atoms. The van der Waals surface area contributed by atoms with Gasteiger partial charge in [-0.15, -0.1) is 0 Å². The summed E-state index contributed by atoms with van der Waals surface area (Å²) in [6, 6.07) is 0.597. The lowest BCUT2D eigenvalue weighted by atomic mass is 10.0. The van der Waals surface area contributed by atoms with Crippen molar-refractivity contribution in [1.29, 1.82) is 0 Å². The van der Waals surface area contributed by atoms with Crippen molar-refractivity contribution in [3.8, 4) is 0 Å². The number of rotatable bonds is 3. The van der Waals surface area contributed by atoms with Gasteiger partial charge in [0.15, 0.2) is 0 Å². The van der Waals surface area contributed by atoms with E-state index in [1.165, 1.54) is 5.75 Å². The van der Waals surface area contributed by atoms with Crippen molar-refractivity contribution in [3.63, 3.8) is 0 Å². The second-order valence-corrected chi connectivity index (χ2v) is 5.36. The molecule has 1 aliphatic heterocycles. The Balaban J connectivity index is 2.14. The van der Waals surface area contributed by atoms with Gasteiger partial charge in [0.25, 0.3) is 0 Å². The van der Waals surface area contributed by atoms with Crippen LogP contribution in [0.15, 0.2) is 12.4 Å². The number of nitrogens with zero attached hydrogens (tertiary/aromatic N) is 3. The lowest BCUT2D eigenvalue weighted by Crippen LogP contribution is -2.49. The molecule has 0 amide bonds. The van der Waals surface area contributed by atoms with E-state index in [1.807, 2.05) is 35.9 Å². The molecule has 0 spiro atoms. The highest BCUT2D eigenvalue weighted by Gasteiger charge is 2.29. The lowest BCUT2D eigenvalue weighted by Gasteiger charge is -2.37. The van der Waals surface area contributed by atoms with Crippen LogP contribution in [0.3, 0.4) is 0 Å². The highest BCUT2D eigenvalue weighted by molar-refractivity contribution is 7.99. The van der Waals surface area contributed by atoms with Gasteiger partial charge in [0.2, 0.25) is 0 Å². The van der Waals surface area contributed by atoms with Crippen LogP contribution in [0.25, 0.3) is 0 Å². The molecule has 3 N–H and O–H groups in total. The van der Waals surface area contributed by atoms with E-state index in [4.69, 9.17) is 5.84 Å². The van der Waals surface area contributed by atoms with Crippen molar-refractivity contribution in [2.45, 2.75) is 12.1 Å². The van der Waals surface area contributed by atoms with Crippen LogP contribution in [0.1, 0.15) is 11.6 Å². The minimum Gasteiger partial charge on any atom is -0.300 e. The average molecular weight is 241 g/mol. The molecule has 5 nitrogen and oxygen atoms in total. The van der Waals surface area contributed by atoms with Gasteiger partial charge in [-0.2, -0.15) is 16.9 Å². The summed E-state index contributed by atoms with van der Waals surface area (Å²) in [7, 11) is 4.08. The molecule has 0 aliphatic carbocycles. The van der Waals surface area contributed by atoms with E-state index in [2.05, 4.69) is 22.5 Å². The molecule has 0 bridgehead atoms. The van der Waals surface area contributed by atoms with E-state index in [0.29, 0.717) is 6.04 Å². The van der Waals surface area contributed by atoms with Crippen LogP contribution in [0.4, 0.5) is 0 Å². The van der Waals surface area contributed by atoms with Crippen molar-refractivity contribution in [2.24, 2.45) is 12.9 Å². The lowest BCUT2D eigenvalue weighted by molar-refractivity contribution is 0.216. The minimum atomic E-state index is 0.159. The van der Waals surface area contributed by atoms with Gasteiger partial charge in [0.1, 0.15) is 0 Å². The normalized spacial score (nSPS) is 24.6. The van der Waals surface area contributed by atoms with Crippen molar-refractivity contribution in [3.05, 3.63) is 18.0 Å². The summed E-state index contributed by atoms with van der Waals surface area (Å²) in [6.07, 6.45) is 3.91. The van der Waals surface area contributed by atoms with E-state index in [9.17, 15) is 0 Å². The van der Waals surface area contributed by atoms with Crippen molar-refractivity contribution < 1.29 is 0 Å². The van der Waals surface area contributed by atoms with Gasteiger partial charge < -0.3 is 0 Å². The molecule has 1 fully saturated rings. The Bertz CT molecular complexity index is 340. The molecule has 0 aromatic carbocycles. The van der Waals surface area contributed by atoms with Gasteiger partial charge >= 0.3 is 0 Å². The van der Waals surface area contributed by atoms with Gasteiger partial charge in [0.05, 0.1) is 12.2 Å². The van der Waals surface area contributed by atoms with Gasteiger partial charge in [0, 0.05) is 42.9 Å². The monoisotopic (exact) mass is 241 g/mol. The summed E-state index contributed by atoms with van der Waals surface area (Å²) < 4.78 is 1.82. The number of hydrogen-bond donors (Lipinski definition) is 2. The molecule has 0 radical (unpaired) electrons. The zero-order valence-corrected chi connectivity index (χ0v) is 10.6.